The van der Waals surface area contributed by atoms with E-state index in [1.165, 1.54) is 38.4 Å². The van der Waals surface area contributed by atoms with Crippen molar-refractivity contribution < 1.29 is 4.42 Å². The number of hydrogen-bond acceptors (Lipinski definition) is 4. The average Bonchev–Trinajstić information content (AvgIpc) is 3.41. The van der Waals surface area contributed by atoms with Gasteiger partial charge in [-0.05, 0) is 35.4 Å². The summed E-state index contributed by atoms with van der Waals surface area (Å²) >= 11 is 0. The normalized spacial score (nSPS) is 11.3. The zero-order chi connectivity index (χ0) is 29.0. The summed E-state index contributed by atoms with van der Waals surface area (Å²) in [6.45, 7) is 0. The Hall–Kier alpha value is -4.77. The molecule has 0 aliphatic heterocycles. The summed E-state index contributed by atoms with van der Waals surface area (Å²) in [5, 5.41) is 2.18. The molecular weight excluding hydrogens is 508 g/mol. The monoisotopic (exact) mass is 535 g/mol. The second-order valence-corrected chi connectivity index (χ2v) is 11.1. The molecule has 0 spiro atoms. The first-order chi connectivity index (χ1) is 20.4. The van der Waals surface area contributed by atoms with Crippen LogP contribution in [0.25, 0.3) is 67.2 Å². The molecule has 0 aliphatic rings. The van der Waals surface area contributed by atoms with Crippen molar-refractivity contribution in [2.75, 3.05) is 0 Å². The highest BCUT2D eigenvalue weighted by molar-refractivity contribution is 6.68. The van der Waals surface area contributed by atoms with Gasteiger partial charge in [-0.25, -0.2) is 15.0 Å². The largest absolute Gasteiger partial charge is 0.456 e. The van der Waals surface area contributed by atoms with Crippen LogP contribution in [0.15, 0.2) is 101 Å². The second kappa shape index (κ2) is 10.3. The summed E-state index contributed by atoms with van der Waals surface area (Å²) in [6.07, 6.45) is 0. The molecule has 7 aromatic rings. The van der Waals surface area contributed by atoms with Crippen LogP contribution in [0.1, 0.15) is 0 Å². The van der Waals surface area contributed by atoms with Crippen molar-refractivity contribution in [1.82, 2.24) is 15.0 Å². The minimum atomic E-state index is 0.614. The first kappa shape index (κ1) is 26.2. The summed E-state index contributed by atoms with van der Waals surface area (Å²) in [5.74, 6) is 1.90. The van der Waals surface area contributed by atoms with Crippen molar-refractivity contribution in [3.05, 3.63) is 97.1 Å². The molecular formula is C33H26B5N3O. The predicted octanol–water partition coefficient (Wildman–Crippen LogP) is -0.269. The number of benzene rings is 5. The van der Waals surface area contributed by atoms with Crippen LogP contribution in [0.3, 0.4) is 0 Å². The Morgan fingerprint density at radius 2 is 0.905 bits per heavy atom. The highest BCUT2D eigenvalue weighted by Gasteiger charge is 2.17. The van der Waals surface area contributed by atoms with Crippen LogP contribution in [0.4, 0.5) is 0 Å². The Morgan fingerprint density at radius 1 is 0.405 bits per heavy atom. The molecule has 0 N–H and O–H groups in total. The van der Waals surface area contributed by atoms with Gasteiger partial charge < -0.3 is 4.42 Å². The van der Waals surface area contributed by atoms with Crippen molar-refractivity contribution >= 4 is 88.5 Å². The average molecular weight is 535 g/mol. The lowest BCUT2D eigenvalue weighted by atomic mass is 9.59. The van der Waals surface area contributed by atoms with Crippen molar-refractivity contribution in [2.24, 2.45) is 0 Å². The maximum Gasteiger partial charge on any atom is 0.164 e. The van der Waals surface area contributed by atoms with Gasteiger partial charge in [0, 0.05) is 27.5 Å². The van der Waals surface area contributed by atoms with Crippen LogP contribution in [-0.4, -0.2) is 54.2 Å². The predicted molar refractivity (Wildman–Crippen MR) is 190 cm³/mol. The highest BCUT2D eigenvalue weighted by Crippen LogP contribution is 2.34. The van der Waals surface area contributed by atoms with Crippen LogP contribution >= 0.6 is 0 Å². The van der Waals surface area contributed by atoms with Gasteiger partial charge in [0.05, 0.1) is 0 Å². The number of hydrogen-bond donors (Lipinski definition) is 0. The molecule has 2 aromatic heterocycles. The maximum absolute atomic E-state index is 6.39. The Bertz CT molecular complexity index is 2060. The number of aromatic nitrogens is 3. The van der Waals surface area contributed by atoms with Gasteiger partial charge in [0.15, 0.2) is 17.5 Å². The third-order valence-corrected chi connectivity index (χ3v) is 8.72. The van der Waals surface area contributed by atoms with E-state index in [0.29, 0.717) is 17.5 Å². The number of nitrogens with zero attached hydrogens (tertiary/aromatic N) is 3. The molecule has 0 atom stereocenters. The van der Waals surface area contributed by atoms with Gasteiger partial charge in [-0.1, -0.05) is 83.7 Å². The summed E-state index contributed by atoms with van der Waals surface area (Å²) in [7, 11) is 11.1. The molecule has 42 heavy (non-hydrogen) atoms. The third-order valence-electron chi connectivity index (χ3n) is 8.72. The fourth-order valence-electron chi connectivity index (χ4n) is 5.94. The molecule has 0 saturated carbocycles. The zero-order valence-corrected chi connectivity index (χ0v) is 24.5. The number of furan rings is 1. The van der Waals surface area contributed by atoms with Crippen molar-refractivity contribution in [2.45, 2.75) is 0 Å². The molecule has 0 aliphatic carbocycles. The van der Waals surface area contributed by atoms with Gasteiger partial charge in [0.2, 0.25) is 0 Å². The minimum Gasteiger partial charge on any atom is -0.456 e. The minimum absolute atomic E-state index is 0.614. The van der Waals surface area contributed by atoms with Crippen molar-refractivity contribution in [3.63, 3.8) is 0 Å². The summed E-state index contributed by atoms with van der Waals surface area (Å²) in [4.78, 5) is 14.6. The van der Waals surface area contributed by atoms with E-state index >= 15 is 0 Å². The lowest BCUT2D eigenvalue weighted by Gasteiger charge is -2.20. The molecule has 2 heterocycles. The summed E-state index contributed by atoms with van der Waals surface area (Å²) < 4.78 is 6.39. The van der Waals surface area contributed by atoms with Gasteiger partial charge in [-0.2, -0.15) is 0 Å². The van der Waals surface area contributed by atoms with Crippen molar-refractivity contribution in [1.29, 1.82) is 0 Å². The molecule has 5 aromatic carbocycles. The standard InChI is InChI=1S/C33H26B5N3O/c34-26-25(27(35)29(37)30(38)28(26)36)19-12-14-23-22(15-19)21-13-11-20(16-24(21)42-23)33-40-31(17-7-3-1-4-8-17)39-32(41-33)18-9-5-2-6-10-18/h1-16H,34-38H2. The Morgan fingerprint density at radius 3 is 1.48 bits per heavy atom. The topological polar surface area (TPSA) is 51.8 Å². The number of rotatable bonds is 4. The van der Waals surface area contributed by atoms with Gasteiger partial charge in [-0.15, -0.1) is 16.4 Å². The lowest BCUT2D eigenvalue weighted by molar-refractivity contribution is 0.669. The first-order valence-electron chi connectivity index (χ1n) is 14.3. The number of fused-ring (bicyclic) bond motifs is 3. The Labute approximate surface area is 249 Å². The van der Waals surface area contributed by atoms with E-state index in [-0.39, 0.29) is 0 Å². The molecule has 9 heteroatoms. The van der Waals surface area contributed by atoms with Gasteiger partial charge in [0.25, 0.3) is 0 Å². The highest BCUT2D eigenvalue weighted by atomic mass is 16.3. The maximum atomic E-state index is 6.39. The van der Waals surface area contributed by atoms with E-state index in [9.17, 15) is 0 Å². The van der Waals surface area contributed by atoms with Crippen LogP contribution < -0.4 is 27.3 Å². The molecule has 0 amide bonds. The molecule has 0 radical (unpaired) electrons. The van der Waals surface area contributed by atoms with E-state index in [4.69, 9.17) is 19.4 Å². The Balaban J connectivity index is 1.37. The molecule has 194 valence electrons. The second-order valence-electron chi connectivity index (χ2n) is 11.1. The fourth-order valence-corrected chi connectivity index (χ4v) is 5.94. The van der Waals surface area contributed by atoms with Crippen LogP contribution in [0.5, 0.6) is 0 Å². The first-order valence-corrected chi connectivity index (χ1v) is 14.3. The zero-order valence-electron chi connectivity index (χ0n) is 24.5. The Kier molecular flexibility index (Phi) is 6.39. The van der Waals surface area contributed by atoms with Gasteiger partial charge in [0.1, 0.15) is 50.4 Å². The fraction of sp³-hybridized carbons (Fsp3) is 0. The van der Waals surface area contributed by atoms with E-state index < -0.39 is 0 Å². The van der Waals surface area contributed by atoms with E-state index in [1.54, 1.807) is 0 Å². The van der Waals surface area contributed by atoms with Gasteiger partial charge >= 0.3 is 0 Å². The molecule has 0 bridgehead atoms. The van der Waals surface area contributed by atoms with Crippen LogP contribution in [-0.2, 0) is 0 Å². The molecule has 0 unspecified atom stereocenters. The van der Waals surface area contributed by atoms with E-state index in [1.807, 2.05) is 66.7 Å². The quantitative estimate of drug-likeness (QED) is 0.292. The summed E-state index contributed by atoms with van der Waals surface area (Å²) in [5.41, 5.74) is 13.8. The molecule has 4 nitrogen and oxygen atoms in total. The SMILES string of the molecule is Bc1c(B)c(B)c(-c2ccc3oc4cc(-c5nc(-c6ccccc6)nc(-c6ccccc6)n5)ccc4c3c2)c(B)c1B. The van der Waals surface area contributed by atoms with Crippen molar-refractivity contribution in [3.8, 4) is 45.3 Å². The molecule has 0 fully saturated rings. The molecule has 0 saturated heterocycles. The lowest BCUT2D eigenvalue weighted by Crippen LogP contribution is -2.55. The van der Waals surface area contributed by atoms with Gasteiger partial charge in [-0.3, -0.25) is 0 Å². The van der Waals surface area contributed by atoms with E-state index in [2.05, 4.69) is 69.6 Å². The smallest absolute Gasteiger partial charge is 0.164 e. The summed E-state index contributed by atoms with van der Waals surface area (Å²) in [6, 6.07) is 32.9. The van der Waals surface area contributed by atoms with E-state index in [0.717, 1.165) is 38.6 Å². The molecule has 7 rings (SSSR count). The third kappa shape index (κ3) is 4.37. The van der Waals surface area contributed by atoms with Crippen LogP contribution in [0.2, 0.25) is 0 Å². The van der Waals surface area contributed by atoms with Crippen LogP contribution in [0, 0.1) is 0 Å².